The van der Waals surface area contributed by atoms with E-state index in [1.165, 1.54) is 27.3 Å². The summed E-state index contributed by atoms with van der Waals surface area (Å²) in [6, 6.07) is 31.5. The predicted molar refractivity (Wildman–Crippen MR) is 119 cm³/mol. The molecule has 2 heteroatoms. The van der Waals surface area contributed by atoms with E-state index in [-0.39, 0.29) is 0 Å². The van der Waals surface area contributed by atoms with E-state index in [0.29, 0.717) is 5.02 Å². The second kappa shape index (κ2) is 5.85. The first kappa shape index (κ1) is 15.7. The smallest absolute Gasteiger partial charge is 0.143 e. The van der Waals surface area contributed by atoms with Gasteiger partial charge in [-0.2, -0.15) is 0 Å². The van der Waals surface area contributed by atoms with Crippen molar-refractivity contribution in [2.24, 2.45) is 0 Å². The van der Waals surface area contributed by atoms with Gasteiger partial charge in [0.15, 0.2) is 0 Å². The number of hydrogen-bond acceptors (Lipinski definition) is 1. The van der Waals surface area contributed by atoms with Gasteiger partial charge in [-0.3, -0.25) is 0 Å². The van der Waals surface area contributed by atoms with Crippen LogP contribution in [0.2, 0.25) is 5.02 Å². The van der Waals surface area contributed by atoms with Crippen LogP contribution in [0.1, 0.15) is 0 Å². The summed E-state index contributed by atoms with van der Waals surface area (Å²) in [5.74, 6) is 0. The van der Waals surface area contributed by atoms with Gasteiger partial charge >= 0.3 is 0 Å². The summed E-state index contributed by atoms with van der Waals surface area (Å²) >= 11 is 6.35. The maximum atomic E-state index is 6.35. The minimum Gasteiger partial charge on any atom is -0.455 e. The predicted octanol–water partition coefficient (Wildman–Crippen LogP) is 8.21. The SMILES string of the molecule is Clc1ccc2oc3c4ccccc4cc(-c4cccc5ccccc45)c3c2c1. The molecule has 0 N–H and O–H groups in total. The van der Waals surface area contributed by atoms with Crippen molar-refractivity contribution < 1.29 is 4.42 Å². The summed E-state index contributed by atoms with van der Waals surface area (Å²) in [6.07, 6.45) is 0. The fourth-order valence-corrected chi connectivity index (χ4v) is 4.43. The number of furan rings is 1. The Morgan fingerprint density at radius 1 is 0.571 bits per heavy atom. The maximum Gasteiger partial charge on any atom is 0.143 e. The molecule has 1 aromatic heterocycles. The fourth-order valence-electron chi connectivity index (χ4n) is 4.26. The maximum absolute atomic E-state index is 6.35. The van der Waals surface area contributed by atoms with Crippen molar-refractivity contribution in [1.82, 2.24) is 0 Å². The highest BCUT2D eigenvalue weighted by Gasteiger charge is 2.17. The molecular formula is C26H15ClO. The monoisotopic (exact) mass is 378 g/mol. The van der Waals surface area contributed by atoms with Crippen LogP contribution in [-0.4, -0.2) is 0 Å². The molecule has 28 heavy (non-hydrogen) atoms. The second-order valence-corrected chi connectivity index (χ2v) is 7.56. The van der Waals surface area contributed by atoms with Gasteiger partial charge in [-0.15, -0.1) is 0 Å². The van der Waals surface area contributed by atoms with E-state index in [1.807, 2.05) is 18.2 Å². The topological polar surface area (TPSA) is 13.1 Å². The van der Waals surface area contributed by atoms with E-state index >= 15 is 0 Å². The van der Waals surface area contributed by atoms with Gasteiger partial charge in [-0.05, 0) is 51.6 Å². The van der Waals surface area contributed by atoms with Gasteiger partial charge in [-0.1, -0.05) is 78.3 Å². The van der Waals surface area contributed by atoms with Crippen LogP contribution in [0.15, 0.2) is 95.4 Å². The molecule has 0 bridgehead atoms. The third-order valence-electron chi connectivity index (χ3n) is 5.50. The highest BCUT2D eigenvalue weighted by molar-refractivity contribution is 6.32. The Morgan fingerprint density at radius 3 is 2.21 bits per heavy atom. The van der Waals surface area contributed by atoms with Crippen LogP contribution in [0.3, 0.4) is 0 Å². The zero-order valence-corrected chi connectivity index (χ0v) is 15.7. The molecule has 0 spiro atoms. The third kappa shape index (κ3) is 2.20. The summed E-state index contributed by atoms with van der Waals surface area (Å²) in [4.78, 5) is 0. The normalized spacial score (nSPS) is 11.8. The molecule has 5 aromatic carbocycles. The van der Waals surface area contributed by atoms with E-state index in [4.69, 9.17) is 16.0 Å². The molecule has 0 saturated heterocycles. The van der Waals surface area contributed by atoms with E-state index in [9.17, 15) is 0 Å². The number of rotatable bonds is 1. The molecule has 1 heterocycles. The molecular weight excluding hydrogens is 364 g/mol. The lowest BCUT2D eigenvalue weighted by Gasteiger charge is -2.10. The molecule has 0 radical (unpaired) electrons. The van der Waals surface area contributed by atoms with Crippen LogP contribution in [0.4, 0.5) is 0 Å². The van der Waals surface area contributed by atoms with E-state index in [2.05, 4.69) is 72.8 Å². The lowest BCUT2D eigenvalue weighted by molar-refractivity contribution is 0.673. The zero-order chi connectivity index (χ0) is 18.7. The molecule has 0 unspecified atom stereocenters. The Balaban J connectivity index is 1.88. The van der Waals surface area contributed by atoms with Crippen molar-refractivity contribution in [2.45, 2.75) is 0 Å². The average Bonchev–Trinajstić information content (AvgIpc) is 3.12. The zero-order valence-electron chi connectivity index (χ0n) is 14.9. The lowest BCUT2D eigenvalue weighted by Crippen LogP contribution is -1.84. The highest BCUT2D eigenvalue weighted by atomic mass is 35.5. The first-order chi connectivity index (χ1) is 13.8. The standard InChI is InChI=1S/C26H15ClO/c27-18-12-13-24-23(15-18)25-22(14-17-7-2-4-10-20(17)26(25)28-24)21-11-5-8-16-6-1-3-9-19(16)21/h1-15H. The largest absolute Gasteiger partial charge is 0.455 e. The summed E-state index contributed by atoms with van der Waals surface area (Å²) < 4.78 is 6.34. The van der Waals surface area contributed by atoms with Crippen LogP contribution in [-0.2, 0) is 0 Å². The van der Waals surface area contributed by atoms with Crippen LogP contribution in [0.5, 0.6) is 0 Å². The van der Waals surface area contributed by atoms with Crippen molar-refractivity contribution in [3.05, 3.63) is 96.0 Å². The van der Waals surface area contributed by atoms with Gasteiger partial charge in [0, 0.05) is 21.2 Å². The Kier molecular flexibility index (Phi) is 3.29. The molecule has 0 atom stereocenters. The summed E-state index contributed by atoms with van der Waals surface area (Å²) in [6.45, 7) is 0. The molecule has 0 aliphatic rings. The number of halogens is 1. The van der Waals surface area contributed by atoms with E-state index in [1.54, 1.807) is 0 Å². The quantitative estimate of drug-likeness (QED) is 0.281. The van der Waals surface area contributed by atoms with E-state index in [0.717, 1.165) is 27.3 Å². The number of fused-ring (bicyclic) bond motifs is 6. The van der Waals surface area contributed by atoms with E-state index < -0.39 is 0 Å². The number of hydrogen-bond donors (Lipinski definition) is 0. The molecule has 0 saturated carbocycles. The average molecular weight is 379 g/mol. The number of benzene rings is 5. The first-order valence-corrected chi connectivity index (χ1v) is 9.69. The van der Waals surface area contributed by atoms with Crippen molar-refractivity contribution in [3.63, 3.8) is 0 Å². The Hall–Kier alpha value is -3.29. The van der Waals surface area contributed by atoms with Gasteiger partial charge in [-0.25, -0.2) is 0 Å². The summed E-state index contributed by atoms with van der Waals surface area (Å²) in [5, 5.41) is 7.64. The molecule has 0 amide bonds. The first-order valence-electron chi connectivity index (χ1n) is 9.31. The minimum atomic E-state index is 0.715. The second-order valence-electron chi connectivity index (χ2n) is 7.12. The fraction of sp³-hybridized carbons (Fsp3) is 0. The van der Waals surface area contributed by atoms with Gasteiger partial charge in [0.05, 0.1) is 0 Å². The van der Waals surface area contributed by atoms with Gasteiger partial charge in [0.1, 0.15) is 11.2 Å². The molecule has 132 valence electrons. The molecule has 1 nitrogen and oxygen atoms in total. The molecule has 0 aliphatic heterocycles. The molecule has 0 aliphatic carbocycles. The Bertz CT molecular complexity index is 1520. The lowest BCUT2D eigenvalue weighted by atomic mass is 9.92. The molecule has 6 rings (SSSR count). The van der Waals surface area contributed by atoms with Gasteiger partial charge < -0.3 is 4.42 Å². The molecule has 6 aromatic rings. The van der Waals surface area contributed by atoms with Crippen LogP contribution >= 0.6 is 11.6 Å². The highest BCUT2D eigenvalue weighted by Crippen LogP contribution is 2.43. The summed E-state index contributed by atoms with van der Waals surface area (Å²) in [5.41, 5.74) is 4.15. The summed E-state index contributed by atoms with van der Waals surface area (Å²) in [7, 11) is 0. The van der Waals surface area contributed by atoms with Crippen molar-refractivity contribution >= 4 is 55.1 Å². The molecule has 0 fully saturated rings. The Labute approximate surface area is 166 Å². The van der Waals surface area contributed by atoms with Gasteiger partial charge in [0.2, 0.25) is 0 Å². The van der Waals surface area contributed by atoms with Crippen molar-refractivity contribution in [2.75, 3.05) is 0 Å². The van der Waals surface area contributed by atoms with Crippen LogP contribution < -0.4 is 0 Å². The van der Waals surface area contributed by atoms with Crippen molar-refractivity contribution in [3.8, 4) is 11.1 Å². The van der Waals surface area contributed by atoms with Crippen LogP contribution in [0.25, 0.3) is 54.6 Å². The minimum absolute atomic E-state index is 0.715. The van der Waals surface area contributed by atoms with Crippen molar-refractivity contribution in [1.29, 1.82) is 0 Å². The Morgan fingerprint density at radius 2 is 1.32 bits per heavy atom. The van der Waals surface area contributed by atoms with Gasteiger partial charge in [0.25, 0.3) is 0 Å². The van der Waals surface area contributed by atoms with Crippen LogP contribution in [0, 0.1) is 0 Å². The third-order valence-corrected chi connectivity index (χ3v) is 5.74.